The highest BCUT2D eigenvalue weighted by molar-refractivity contribution is 6.74. The van der Waals surface area contributed by atoms with Crippen LogP contribution >= 0.6 is 0 Å². The number of aliphatic hydroxyl groups excluding tert-OH is 1. The highest BCUT2D eigenvalue weighted by Gasteiger charge is 2.48. The predicted molar refractivity (Wildman–Crippen MR) is 116 cm³/mol. The summed E-state index contributed by atoms with van der Waals surface area (Å²) in [5.74, 6) is 0. The van der Waals surface area contributed by atoms with Crippen molar-refractivity contribution in [2.24, 2.45) is 0 Å². The first kappa shape index (κ1) is 22.9. The van der Waals surface area contributed by atoms with Crippen LogP contribution in [0.25, 0.3) is 0 Å². The van der Waals surface area contributed by atoms with E-state index in [-0.39, 0.29) is 23.5 Å². The molecule has 1 aromatic rings. The minimum Gasteiger partial charge on any atom is -0.417 e. The number of hydrogen-bond donors (Lipinski definition) is 1. The Bertz CT molecular complexity index is 659. The molecule has 0 spiro atoms. The van der Waals surface area contributed by atoms with Crippen molar-refractivity contribution < 1.29 is 23.7 Å². The normalized spacial score (nSPS) is 33.8. The molecule has 2 aliphatic heterocycles. The van der Waals surface area contributed by atoms with E-state index in [0.717, 1.165) is 12.0 Å². The zero-order valence-electron chi connectivity index (χ0n) is 18.8. The minimum absolute atomic E-state index is 0.109. The van der Waals surface area contributed by atoms with E-state index in [1.165, 1.54) is 0 Å². The summed E-state index contributed by atoms with van der Waals surface area (Å²) in [6.45, 7) is 14.3. The van der Waals surface area contributed by atoms with Crippen LogP contribution in [0.5, 0.6) is 0 Å². The highest BCUT2D eigenvalue weighted by Crippen LogP contribution is 2.40. The van der Waals surface area contributed by atoms with Gasteiger partial charge in [0.2, 0.25) is 0 Å². The van der Waals surface area contributed by atoms with Crippen molar-refractivity contribution in [3.63, 3.8) is 0 Å². The third kappa shape index (κ3) is 5.30. The van der Waals surface area contributed by atoms with Gasteiger partial charge in [-0.05, 0) is 44.3 Å². The molecule has 2 aliphatic rings. The molecule has 0 saturated carbocycles. The molecule has 2 saturated heterocycles. The monoisotopic (exact) mass is 422 g/mol. The molecule has 1 N–H and O–H groups in total. The fraction of sp³-hybridized carbons (Fsp3) is 0.739. The maximum absolute atomic E-state index is 10.7. The first-order chi connectivity index (χ1) is 13.5. The standard InChI is InChI=1S/C23H38O5Si/c1-22(2,3)29(5,6)26-15-14-19-18(24)12-13-20-23(4,28-19)16-25-21(27-20)17-10-8-7-9-11-17/h7-11,18-21,24H,12-16H2,1-6H3/t18-,19+,20+,21-,23-/m0/s1. The van der Waals surface area contributed by atoms with Crippen molar-refractivity contribution in [1.82, 2.24) is 0 Å². The lowest BCUT2D eigenvalue weighted by Gasteiger charge is -2.44. The molecule has 6 heteroatoms. The van der Waals surface area contributed by atoms with Gasteiger partial charge in [0.05, 0.1) is 24.9 Å². The average molecular weight is 423 g/mol. The minimum atomic E-state index is -1.81. The molecule has 0 aliphatic carbocycles. The van der Waals surface area contributed by atoms with Crippen LogP contribution in [0.4, 0.5) is 0 Å². The molecule has 3 rings (SSSR count). The van der Waals surface area contributed by atoms with Gasteiger partial charge in [0.15, 0.2) is 14.6 Å². The Hall–Kier alpha value is -0.763. The van der Waals surface area contributed by atoms with Gasteiger partial charge in [0, 0.05) is 12.2 Å². The second kappa shape index (κ2) is 8.77. The maximum atomic E-state index is 10.7. The zero-order valence-corrected chi connectivity index (χ0v) is 19.8. The van der Waals surface area contributed by atoms with Gasteiger partial charge in [-0.2, -0.15) is 0 Å². The van der Waals surface area contributed by atoms with Crippen molar-refractivity contribution >= 4 is 8.32 Å². The molecule has 2 fully saturated rings. The molecular formula is C23H38O5Si. The fourth-order valence-electron chi connectivity index (χ4n) is 3.77. The third-order valence-corrected chi connectivity index (χ3v) is 11.3. The van der Waals surface area contributed by atoms with Gasteiger partial charge in [-0.1, -0.05) is 51.1 Å². The summed E-state index contributed by atoms with van der Waals surface area (Å²) in [6.07, 6.45) is 0.819. The molecule has 2 heterocycles. The van der Waals surface area contributed by atoms with Crippen molar-refractivity contribution in [2.75, 3.05) is 13.2 Å². The lowest BCUT2D eigenvalue weighted by atomic mass is 9.94. The molecule has 0 aromatic heterocycles. The Kier molecular flexibility index (Phi) is 6.93. The Labute approximate surface area is 176 Å². The van der Waals surface area contributed by atoms with E-state index < -0.39 is 20.0 Å². The number of benzene rings is 1. The van der Waals surface area contributed by atoms with Crippen LogP contribution in [-0.2, 0) is 18.6 Å². The maximum Gasteiger partial charge on any atom is 0.191 e. The van der Waals surface area contributed by atoms with Crippen LogP contribution in [0.2, 0.25) is 18.1 Å². The Morgan fingerprint density at radius 1 is 1.17 bits per heavy atom. The van der Waals surface area contributed by atoms with Gasteiger partial charge in [-0.25, -0.2) is 0 Å². The SMILES string of the molecule is CC(C)(C)[Si](C)(C)OCC[C@H]1O[C@@]2(C)CO[C@H](c3ccccc3)O[C@@H]2CC[C@@H]1O. The smallest absolute Gasteiger partial charge is 0.191 e. The summed E-state index contributed by atoms with van der Waals surface area (Å²) in [7, 11) is -1.81. The summed E-state index contributed by atoms with van der Waals surface area (Å²) in [5.41, 5.74) is 0.448. The summed E-state index contributed by atoms with van der Waals surface area (Å²) in [5, 5.41) is 10.9. The molecule has 0 unspecified atom stereocenters. The third-order valence-electron chi connectivity index (χ3n) is 6.81. The summed E-state index contributed by atoms with van der Waals surface area (Å²) >= 11 is 0. The molecule has 0 bridgehead atoms. The van der Waals surface area contributed by atoms with E-state index in [1.54, 1.807) is 0 Å². The van der Waals surface area contributed by atoms with Gasteiger partial charge in [0.25, 0.3) is 0 Å². The number of aliphatic hydroxyl groups is 1. The van der Waals surface area contributed by atoms with Gasteiger partial charge in [-0.3, -0.25) is 0 Å². The van der Waals surface area contributed by atoms with Crippen LogP contribution < -0.4 is 0 Å². The predicted octanol–water partition coefficient (Wildman–Crippen LogP) is 4.81. The molecule has 0 radical (unpaired) electrons. The van der Waals surface area contributed by atoms with Crippen molar-refractivity contribution in [1.29, 1.82) is 0 Å². The number of rotatable bonds is 5. The van der Waals surface area contributed by atoms with Gasteiger partial charge >= 0.3 is 0 Å². The molecular weight excluding hydrogens is 384 g/mol. The lowest BCUT2D eigenvalue weighted by Crippen LogP contribution is -2.53. The summed E-state index contributed by atoms with van der Waals surface area (Å²) in [4.78, 5) is 0. The van der Waals surface area contributed by atoms with Crippen LogP contribution in [0.15, 0.2) is 30.3 Å². The largest absolute Gasteiger partial charge is 0.417 e. The van der Waals surface area contributed by atoms with Crippen molar-refractivity contribution in [3.05, 3.63) is 35.9 Å². The average Bonchev–Trinajstić information content (AvgIpc) is 2.77. The lowest BCUT2D eigenvalue weighted by molar-refractivity contribution is -0.306. The van der Waals surface area contributed by atoms with Crippen LogP contribution in [0.1, 0.15) is 58.8 Å². The van der Waals surface area contributed by atoms with Crippen LogP contribution in [0.3, 0.4) is 0 Å². The van der Waals surface area contributed by atoms with E-state index in [2.05, 4.69) is 33.9 Å². The molecule has 164 valence electrons. The Morgan fingerprint density at radius 2 is 1.86 bits per heavy atom. The van der Waals surface area contributed by atoms with Gasteiger partial charge in [0.1, 0.15) is 5.60 Å². The van der Waals surface area contributed by atoms with Crippen LogP contribution in [0, 0.1) is 0 Å². The molecule has 5 nitrogen and oxygen atoms in total. The first-order valence-corrected chi connectivity index (χ1v) is 13.7. The molecule has 0 amide bonds. The van der Waals surface area contributed by atoms with Gasteiger partial charge in [-0.15, -0.1) is 0 Å². The van der Waals surface area contributed by atoms with E-state index in [0.29, 0.717) is 26.1 Å². The van der Waals surface area contributed by atoms with E-state index in [4.69, 9.17) is 18.6 Å². The first-order valence-electron chi connectivity index (χ1n) is 10.8. The van der Waals surface area contributed by atoms with Crippen molar-refractivity contribution in [3.8, 4) is 0 Å². The zero-order chi connectivity index (χ0) is 21.3. The van der Waals surface area contributed by atoms with Crippen LogP contribution in [-0.4, -0.2) is 50.6 Å². The molecule has 5 atom stereocenters. The quantitative estimate of drug-likeness (QED) is 0.690. The topological polar surface area (TPSA) is 57.2 Å². The van der Waals surface area contributed by atoms with Gasteiger partial charge < -0.3 is 23.7 Å². The molecule has 1 aromatic carbocycles. The fourth-order valence-corrected chi connectivity index (χ4v) is 4.83. The number of fused-ring (bicyclic) bond motifs is 1. The Morgan fingerprint density at radius 3 is 2.52 bits per heavy atom. The highest BCUT2D eigenvalue weighted by atomic mass is 28.4. The second-order valence-corrected chi connectivity index (χ2v) is 15.0. The summed E-state index contributed by atoms with van der Waals surface area (Å²) in [6, 6.07) is 9.99. The van der Waals surface area contributed by atoms with Crippen molar-refractivity contribution in [2.45, 2.75) is 95.3 Å². The second-order valence-electron chi connectivity index (χ2n) is 10.2. The van der Waals surface area contributed by atoms with E-state index >= 15 is 0 Å². The Balaban J connectivity index is 1.61. The molecule has 29 heavy (non-hydrogen) atoms. The number of hydrogen-bond acceptors (Lipinski definition) is 5. The number of ether oxygens (including phenoxy) is 3. The van der Waals surface area contributed by atoms with E-state index in [9.17, 15) is 5.11 Å². The summed E-state index contributed by atoms with van der Waals surface area (Å²) < 4.78 is 25.1. The van der Waals surface area contributed by atoms with E-state index in [1.807, 2.05) is 37.3 Å².